The molecule has 1 rings (SSSR count). The van der Waals surface area contributed by atoms with Gasteiger partial charge in [0.1, 0.15) is 18.3 Å². The molecule has 0 aromatic rings. The molecule has 1 aliphatic heterocycles. The fraction of sp³-hybridized carbons (Fsp3) is 0.980. The molecule has 0 aromatic heterocycles. The van der Waals surface area contributed by atoms with Crippen LogP contribution in [0.15, 0.2) is 0 Å². The van der Waals surface area contributed by atoms with E-state index < -0.39 is 42.9 Å². The maximum absolute atomic E-state index is 13.0. The van der Waals surface area contributed by atoms with Crippen LogP contribution in [-0.2, 0) is 14.3 Å². The van der Waals surface area contributed by atoms with E-state index in [0.29, 0.717) is 19.3 Å². The molecule has 1 heterocycles. The van der Waals surface area contributed by atoms with Crippen LogP contribution >= 0.6 is 0 Å². The van der Waals surface area contributed by atoms with E-state index in [-0.39, 0.29) is 12.5 Å². The third-order valence-corrected chi connectivity index (χ3v) is 12.7. The molecule has 1 amide bonds. The molecular formula is C50H99NO7. The lowest BCUT2D eigenvalue weighted by Crippen LogP contribution is -2.59. The molecular weight excluding hydrogens is 727 g/mol. The molecule has 1 aliphatic rings. The molecule has 0 radical (unpaired) electrons. The third-order valence-electron chi connectivity index (χ3n) is 12.7. The summed E-state index contributed by atoms with van der Waals surface area (Å²) in [4.78, 5) is 13.0. The summed E-state index contributed by atoms with van der Waals surface area (Å²) in [7, 11) is 0. The first-order valence-corrected chi connectivity index (χ1v) is 25.6. The number of hydrogen-bond donors (Lipinski definition) is 5. The maximum atomic E-state index is 13.0. The molecule has 0 bridgehead atoms. The first-order chi connectivity index (χ1) is 28.3. The van der Waals surface area contributed by atoms with Crippen molar-refractivity contribution in [1.82, 2.24) is 5.32 Å². The number of amides is 1. The Hall–Kier alpha value is -0.770. The van der Waals surface area contributed by atoms with Crippen molar-refractivity contribution in [3.8, 4) is 0 Å². The van der Waals surface area contributed by atoms with Gasteiger partial charge < -0.3 is 35.2 Å². The summed E-state index contributed by atoms with van der Waals surface area (Å²) in [6, 6.07) is -0.649. The normalized spacial score (nSPS) is 20.7. The highest BCUT2D eigenvalue weighted by molar-refractivity contribution is 5.76. The van der Waals surface area contributed by atoms with Gasteiger partial charge in [-0.15, -0.1) is 0 Å². The average molecular weight is 826 g/mol. The lowest BCUT2D eigenvalue weighted by Gasteiger charge is -2.40. The molecule has 0 aromatic carbocycles. The Labute approximate surface area is 359 Å². The Morgan fingerprint density at radius 2 is 0.845 bits per heavy atom. The van der Waals surface area contributed by atoms with E-state index in [9.17, 15) is 25.2 Å². The van der Waals surface area contributed by atoms with Crippen molar-refractivity contribution in [3.63, 3.8) is 0 Å². The minimum atomic E-state index is -1.42. The number of hydrogen-bond acceptors (Lipinski definition) is 7. The summed E-state index contributed by atoms with van der Waals surface area (Å²) in [5.41, 5.74) is 0. The summed E-state index contributed by atoms with van der Waals surface area (Å²) < 4.78 is 11.6. The fourth-order valence-corrected chi connectivity index (χ4v) is 8.58. The number of ether oxygens (including phenoxy) is 2. The van der Waals surface area contributed by atoms with Gasteiger partial charge >= 0.3 is 0 Å². The van der Waals surface area contributed by atoms with Crippen LogP contribution in [0.1, 0.15) is 265 Å². The number of nitrogens with one attached hydrogen (secondary N) is 1. The predicted octanol–water partition coefficient (Wildman–Crippen LogP) is 12.5. The monoisotopic (exact) mass is 826 g/mol. The lowest BCUT2D eigenvalue weighted by atomic mass is 9.97. The number of aliphatic hydroxyl groups excluding tert-OH is 4. The minimum Gasteiger partial charge on any atom is -0.391 e. The molecule has 8 heteroatoms. The summed E-state index contributed by atoms with van der Waals surface area (Å²) >= 11 is 0. The van der Waals surface area contributed by atoms with E-state index in [1.165, 1.54) is 186 Å². The Morgan fingerprint density at radius 1 is 0.500 bits per heavy atom. The number of rotatable bonds is 43. The highest BCUT2D eigenvalue weighted by Gasteiger charge is 2.44. The van der Waals surface area contributed by atoms with Crippen LogP contribution in [0.25, 0.3) is 0 Å². The summed E-state index contributed by atoms with van der Waals surface area (Å²) in [5.74, 6) is -0.0992. The largest absolute Gasteiger partial charge is 0.391 e. The van der Waals surface area contributed by atoms with E-state index >= 15 is 0 Å². The van der Waals surface area contributed by atoms with Crippen LogP contribution in [0.2, 0.25) is 0 Å². The van der Waals surface area contributed by atoms with Gasteiger partial charge in [0.25, 0.3) is 0 Å². The van der Waals surface area contributed by atoms with E-state index in [1.807, 2.05) is 6.92 Å². The number of carbonyl (C=O) groups is 1. The highest BCUT2D eigenvalue weighted by atomic mass is 16.7. The zero-order valence-electron chi connectivity index (χ0n) is 38.6. The Balaban J connectivity index is 2.20. The predicted molar refractivity (Wildman–Crippen MR) is 243 cm³/mol. The van der Waals surface area contributed by atoms with E-state index in [0.717, 1.165) is 38.5 Å². The highest BCUT2D eigenvalue weighted by Crippen LogP contribution is 2.25. The zero-order valence-corrected chi connectivity index (χ0v) is 38.6. The van der Waals surface area contributed by atoms with Crippen LogP contribution in [-0.4, -0.2) is 75.8 Å². The second-order valence-electron chi connectivity index (χ2n) is 18.2. The van der Waals surface area contributed by atoms with E-state index in [2.05, 4.69) is 19.2 Å². The molecule has 0 spiro atoms. The summed E-state index contributed by atoms with van der Waals surface area (Å²) in [6.45, 7) is 6.33. The molecule has 346 valence electrons. The van der Waals surface area contributed by atoms with Crippen molar-refractivity contribution < 1.29 is 34.7 Å². The first-order valence-electron chi connectivity index (χ1n) is 25.6. The van der Waals surface area contributed by atoms with Crippen LogP contribution in [0, 0.1) is 0 Å². The smallest absolute Gasteiger partial charge is 0.220 e. The van der Waals surface area contributed by atoms with Gasteiger partial charge in [-0.3, -0.25) is 4.79 Å². The van der Waals surface area contributed by atoms with E-state index in [1.54, 1.807) is 0 Å². The van der Waals surface area contributed by atoms with Gasteiger partial charge in [-0.25, -0.2) is 0 Å². The minimum absolute atomic E-state index is 0.0501. The number of carbonyl (C=O) groups excluding carboxylic acids is 1. The van der Waals surface area contributed by atoms with Gasteiger partial charge in [0.2, 0.25) is 5.91 Å². The van der Waals surface area contributed by atoms with Crippen molar-refractivity contribution in [2.45, 2.75) is 308 Å². The standard InChI is InChI=1S/C50H99NO7/c1-4-7-9-11-13-15-17-19-20-21-22-23-24-25-26-27-28-29-31-33-35-37-39-41-46(53)51-43(42-57-50-49(56)48(55)47(54)45(6-3)58-50)44(52)40-38-36-34-32-30-18-16-14-12-10-8-5-2/h43-45,47-50,52,54-56H,4-42H2,1-3H3,(H,51,53)/t43-,44-,45-,47+,48+,49-,50?/m1/s1. The summed E-state index contributed by atoms with van der Waals surface area (Å²) in [5, 5.41) is 45.3. The Bertz CT molecular complexity index is 875. The van der Waals surface area contributed by atoms with Crippen LogP contribution in [0.5, 0.6) is 0 Å². The van der Waals surface area contributed by atoms with Gasteiger partial charge in [-0.05, 0) is 19.3 Å². The summed E-state index contributed by atoms with van der Waals surface area (Å²) in [6.07, 6.45) is 40.5. The second-order valence-corrected chi connectivity index (χ2v) is 18.2. The average Bonchev–Trinajstić information content (AvgIpc) is 3.22. The molecule has 0 saturated carbocycles. The maximum Gasteiger partial charge on any atom is 0.220 e. The SMILES string of the molecule is CCCCCCCCCCCCCCCCCCCCCCCCCC(=O)N[C@H](COC1O[C@H](CC)[C@H](O)[C@H](O)[C@H]1O)[C@H](O)CCCCCCCCCCCCCC. The molecule has 0 aliphatic carbocycles. The topological polar surface area (TPSA) is 128 Å². The van der Waals surface area contributed by atoms with Gasteiger partial charge in [-0.1, -0.05) is 239 Å². The third kappa shape index (κ3) is 30.3. The Morgan fingerprint density at radius 3 is 1.21 bits per heavy atom. The zero-order chi connectivity index (χ0) is 42.3. The van der Waals surface area contributed by atoms with Gasteiger partial charge in [0.15, 0.2) is 6.29 Å². The van der Waals surface area contributed by atoms with Crippen LogP contribution in [0.4, 0.5) is 0 Å². The number of aliphatic hydroxyl groups is 4. The molecule has 58 heavy (non-hydrogen) atoms. The van der Waals surface area contributed by atoms with Crippen LogP contribution < -0.4 is 5.32 Å². The molecule has 1 unspecified atom stereocenters. The Kier molecular flexibility index (Phi) is 38.4. The quantitative estimate of drug-likeness (QED) is 0.0387. The fourth-order valence-electron chi connectivity index (χ4n) is 8.58. The first kappa shape index (κ1) is 55.2. The van der Waals surface area contributed by atoms with Crippen molar-refractivity contribution in [2.24, 2.45) is 0 Å². The molecule has 8 nitrogen and oxygen atoms in total. The van der Waals surface area contributed by atoms with Gasteiger partial charge in [-0.2, -0.15) is 0 Å². The second kappa shape index (κ2) is 40.3. The van der Waals surface area contributed by atoms with Crippen molar-refractivity contribution in [1.29, 1.82) is 0 Å². The van der Waals surface area contributed by atoms with Crippen molar-refractivity contribution in [3.05, 3.63) is 0 Å². The van der Waals surface area contributed by atoms with E-state index in [4.69, 9.17) is 9.47 Å². The molecule has 1 fully saturated rings. The van der Waals surface area contributed by atoms with Crippen molar-refractivity contribution >= 4 is 5.91 Å². The molecule has 1 saturated heterocycles. The van der Waals surface area contributed by atoms with Gasteiger partial charge in [0.05, 0.1) is 24.9 Å². The van der Waals surface area contributed by atoms with Crippen molar-refractivity contribution in [2.75, 3.05) is 6.61 Å². The van der Waals surface area contributed by atoms with Gasteiger partial charge in [0, 0.05) is 6.42 Å². The lowest BCUT2D eigenvalue weighted by molar-refractivity contribution is -0.298. The molecule has 7 atom stereocenters. The number of unbranched alkanes of at least 4 members (excludes halogenated alkanes) is 33. The molecule has 5 N–H and O–H groups in total. The van der Waals surface area contributed by atoms with Crippen LogP contribution in [0.3, 0.4) is 0 Å².